The van der Waals surface area contributed by atoms with E-state index in [1.807, 2.05) is 0 Å². The van der Waals surface area contributed by atoms with E-state index in [-0.39, 0.29) is 12.8 Å². The third-order valence-corrected chi connectivity index (χ3v) is 2.33. The summed E-state index contributed by atoms with van der Waals surface area (Å²) in [5.41, 5.74) is 0. The van der Waals surface area contributed by atoms with Gasteiger partial charge in [-0.05, 0) is 12.8 Å². The van der Waals surface area contributed by atoms with Crippen molar-refractivity contribution >= 4 is 5.97 Å². The van der Waals surface area contributed by atoms with Crippen LogP contribution in [-0.4, -0.2) is 30.2 Å². The van der Waals surface area contributed by atoms with Gasteiger partial charge in [0.1, 0.15) is 6.10 Å². The number of rotatable bonds is 1. The molecule has 0 radical (unpaired) electrons. The highest BCUT2D eigenvalue weighted by molar-refractivity contribution is 5.72. The molecule has 0 aromatic rings. The van der Waals surface area contributed by atoms with Crippen molar-refractivity contribution in [3.63, 3.8) is 0 Å². The number of aliphatic hydroxyl groups is 1. The molecule has 76 valence electrons. The molecule has 2 unspecified atom stereocenters. The Morgan fingerprint density at radius 3 is 2.62 bits per heavy atom. The summed E-state index contributed by atoms with van der Waals surface area (Å²) in [6.07, 6.45) is -2.01. The third-order valence-electron chi connectivity index (χ3n) is 2.33. The van der Waals surface area contributed by atoms with Gasteiger partial charge >= 0.3 is 5.97 Å². The van der Waals surface area contributed by atoms with Gasteiger partial charge < -0.3 is 9.84 Å². The minimum Gasteiger partial charge on any atom is -0.469 e. The largest absolute Gasteiger partial charge is 0.469 e. The molecule has 5 heteroatoms. The normalized spacial score (nSPS) is 32.6. The van der Waals surface area contributed by atoms with Crippen molar-refractivity contribution in [2.75, 3.05) is 7.11 Å². The molecular weight excluding hydrogens is 182 g/mol. The molecule has 1 fully saturated rings. The Kier molecular flexibility index (Phi) is 2.85. The summed E-state index contributed by atoms with van der Waals surface area (Å²) in [5.74, 6) is -4.55. The highest BCUT2D eigenvalue weighted by Gasteiger charge is 2.46. The number of hydrogen-bond donors (Lipinski definition) is 1. The van der Waals surface area contributed by atoms with Crippen LogP contribution in [-0.2, 0) is 9.53 Å². The van der Waals surface area contributed by atoms with Crippen molar-refractivity contribution in [2.24, 2.45) is 5.92 Å². The number of hydrogen-bond acceptors (Lipinski definition) is 3. The van der Waals surface area contributed by atoms with E-state index in [0.717, 1.165) is 0 Å². The second-order valence-corrected chi connectivity index (χ2v) is 3.28. The molecule has 1 aliphatic rings. The molecule has 0 heterocycles. The summed E-state index contributed by atoms with van der Waals surface area (Å²) >= 11 is 0. The Hall–Kier alpha value is -0.710. The Labute approximate surface area is 74.7 Å². The fourth-order valence-electron chi connectivity index (χ4n) is 1.50. The first-order valence-electron chi connectivity index (χ1n) is 4.11. The molecule has 1 rings (SSSR count). The molecule has 13 heavy (non-hydrogen) atoms. The van der Waals surface area contributed by atoms with Gasteiger partial charge in [0.2, 0.25) is 0 Å². The number of esters is 1. The van der Waals surface area contributed by atoms with Crippen LogP contribution in [0.5, 0.6) is 0 Å². The van der Waals surface area contributed by atoms with Gasteiger partial charge in [-0.15, -0.1) is 0 Å². The van der Waals surface area contributed by atoms with Crippen LogP contribution in [0.15, 0.2) is 0 Å². The topological polar surface area (TPSA) is 46.5 Å². The van der Waals surface area contributed by atoms with E-state index in [0.29, 0.717) is 0 Å². The van der Waals surface area contributed by atoms with Crippen LogP contribution in [0.1, 0.15) is 19.3 Å². The molecule has 0 aliphatic heterocycles. The summed E-state index contributed by atoms with van der Waals surface area (Å²) in [6, 6.07) is 0. The molecule has 1 N–H and O–H groups in total. The lowest BCUT2D eigenvalue weighted by atomic mass is 9.85. The minimum absolute atomic E-state index is 0.0488. The predicted molar refractivity (Wildman–Crippen MR) is 40.3 cm³/mol. The number of halogens is 2. The van der Waals surface area contributed by atoms with E-state index in [1.165, 1.54) is 7.11 Å². The van der Waals surface area contributed by atoms with E-state index in [4.69, 9.17) is 5.11 Å². The highest BCUT2D eigenvalue weighted by atomic mass is 19.3. The van der Waals surface area contributed by atoms with E-state index >= 15 is 0 Å². The Bertz CT molecular complexity index is 206. The van der Waals surface area contributed by atoms with Gasteiger partial charge in [-0.2, -0.15) is 0 Å². The molecule has 3 nitrogen and oxygen atoms in total. The maximum Gasteiger partial charge on any atom is 0.308 e. The summed E-state index contributed by atoms with van der Waals surface area (Å²) < 4.78 is 30.1. The lowest BCUT2D eigenvalue weighted by Gasteiger charge is -2.31. The zero-order valence-corrected chi connectivity index (χ0v) is 7.30. The maximum absolute atomic E-state index is 12.9. The first-order chi connectivity index (χ1) is 5.97. The van der Waals surface area contributed by atoms with Crippen LogP contribution in [0.2, 0.25) is 0 Å². The molecule has 0 amide bonds. The van der Waals surface area contributed by atoms with Crippen LogP contribution in [0.4, 0.5) is 8.78 Å². The van der Waals surface area contributed by atoms with Crippen molar-refractivity contribution in [1.29, 1.82) is 0 Å². The van der Waals surface area contributed by atoms with Gasteiger partial charge in [0, 0.05) is 6.42 Å². The van der Waals surface area contributed by atoms with Crippen LogP contribution in [0.3, 0.4) is 0 Å². The van der Waals surface area contributed by atoms with Gasteiger partial charge in [0.05, 0.1) is 13.0 Å². The zero-order chi connectivity index (χ0) is 10.1. The average Bonchev–Trinajstić information content (AvgIpc) is 2.08. The molecular formula is C8H12F2O3. The van der Waals surface area contributed by atoms with Gasteiger partial charge in [0.25, 0.3) is 5.92 Å². The van der Waals surface area contributed by atoms with Crippen molar-refractivity contribution in [1.82, 2.24) is 0 Å². The molecule has 1 aliphatic carbocycles. The van der Waals surface area contributed by atoms with E-state index in [9.17, 15) is 13.6 Å². The van der Waals surface area contributed by atoms with E-state index in [1.54, 1.807) is 0 Å². The summed E-state index contributed by atoms with van der Waals surface area (Å²) in [6.45, 7) is 0. The molecule has 1 saturated carbocycles. The standard InChI is InChI=1S/C8H12F2O3/c1-13-7(12)5-2-3-6(11)8(9,10)4-5/h5-6,11H,2-4H2,1H3. The number of carbonyl (C=O) groups excluding carboxylic acids is 1. The SMILES string of the molecule is COC(=O)C1CCC(O)C(F)(F)C1. The molecule has 0 bridgehead atoms. The van der Waals surface area contributed by atoms with Gasteiger partial charge in [-0.3, -0.25) is 4.79 Å². The van der Waals surface area contributed by atoms with Crippen molar-refractivity contribution < 1.29 is 23.4 Å². The highest BCUT2D eigenvalue weighted by Crippen LogP contribution is 2.37. The van der Waals surface area contributed by atoms with Crippen molar-refractivity contribution in [3.05, 3.63) is 0 Å². The number of alkyl halides is 2. The van der Waals surface area contributed by atoms with Crippen LogP contribution < -0.4 is 0 Å². The second-order valence-electron chi connectivity index (χ2n) is 3.28. The smallest absolute Gasteiger partial charge is 0.308 e. The van der Waals surface area contributed by atoms with Gasteiger partial charge in [0.15, 0.2) is 0 Å². The Balaban J connectivity index is 2.60. The van der Waals surface area contributed by atoms with E-state index < -0.39 is 30.3 Å². The lowest BCUT2D eigenvalue weighted by Crippen LogP contribution is -2.42. The van der Waals surface area contributed by atoms with Crippen LogP contribution >= 0.6 is 0 Å². The average molecular weight is 194 g/mol. The minimum atomic E-state index is -3.16. The van der Waals surface area contributed by atoms with Crippen molar-refractivity contribution in [3.8, 4) is 0 Å². The monoisotopic (exact) mass is 194 g/mol. The van der Waals surface area contributed by atoms with Gasteiger partial charge in [-0.25, -0.2) is 8.78 Å². The first-order valence-corrected chi connectivity index (χ1v) is 4.11. The number of ether oxygens (including phenoxy) is 1. The number of methoxy groups -OCH3 is 1. The van der Waals surface area contributed by atoms with Crippen LogP contribution in [0, 0.1) is 5.92 Å². The molecule has 0 saturated heterocycles. The third kappa shape index (κ3) is 2.15. The lowest BCUT2D eigenvalue weighted by molar-refractivity contribution is -0.168. The van der Waals surface area contributed by atoms with Crippen LogP contribution in [0.25, 0.3) is 0 Å². The molecule has 0 aromatic heterocycles. The van der Waals surface area contributed by atoms with E-state index in [2.05, 4.69) is 4.74 Å². The fourth-order valence-corrected chi connectivity index (χ4v) is 1.50. The first kappa shape index (κ1) is 10.4. The fraction of sp³-hybridized carbons (Fsp3) is 0.875. The molecule has 0 aromatic carbocycles. The number of aliphatic hydroxyl groups excluding tert-OH is 1. The predicted octanol–water partition coefficient (Wildman–Crippen LogP) is 0.956. The molecule has 0 spiro atoms. The maximum atomic E-state index is 12.9. The summed E-state index contributed by atoms with van der Waals surface area (Å²) in [7, 11) is 1.17. The number of carbonyl (C=O) groups is 1. The summed E-state index contributed by atoms with van der Waals surface area (Å²) in [5, 5.41) is 8.91. The molecule has 2 atom stereocenters. The Morgan fingerprint density at radius 2 is 2.15 bits per heavy atom. The quantitative estimate of drug-likeness (QED) is 0.632. The van der Waals surface area contributed by atoms with Gasteiger partial charge in [-0.1, -0.05) is 0 Å². The Morgan fingerprint density at radius 1 is 1.54 bits per heavy atom. The zero-order valence-electron chi connectivity index (χ0n) is 7.30. The van der Waals surface area contributed by atoms with Crippen molar-refractivity contribution in [2.45, 2.75) is 31.3 Å². The summed E-state index contributed by atoms with van der Waals surface area (Å²) in [4.78, 5) is 10.9. The second kappa shape index (κ2) is 3.57.